The molecule has 0 atom stereocenters. The van der Waals surface area contributed by atoms with Crippen LogP contribution >= 0.6 is 0 Å². The summed E-state index contributed by atoms with van der Waals surface area (Å²) in [5.41, 5.74) is 3.01. The van der Waals surface area contributed by atoms with Crippen LogP contribution in [0.4, 0.5) is 0 Å². The largest absolute Gasteiger partial charge is 0.506 e. The van der Waals surface area contributed by atoms with Crippen molar-refractivity contribution in [2.45, 2.75) is 19.9 Å². The van der Waals surface area contributed by atoms with E-state index in [1.54, 1.807) is 6.07 Å². The van der Waals surface area contributed by atoms with Gasteiger partial charge in [-0.25, -0.2) is 0 Å². The van der Waals surface area contributed by atoms with Gasteiger partial charge in [-0.15, -0.1) is 0 Å². The minimum absolute atomic E-state index is 0.275. The number of likely N-dealkylation sites (N-methyl/N-ethyl adjacent to an activating group) is 1. The Morgan fingerprint density at radius 3 is 2.58 bits per heavy atom. The molecule has 3 nitrogen and oxygen atoms in total. The van der Waals surface area contributed by atoms with Gasteiger partial charge < -0.3 is 10.0 Å². The summed E-state index contributed by atoms with van der Waals surface area (Å²) in [7, 11) is 2.05. The number of hydrogen-bond donors (Lipinski definition) is 1. The van der Waals surface area contributed by atoms with Crippen molar-refractivity contribution in [1.29, 1.82) is 0 Å². The van der Waals surface area contributed by atoms with Gasteiger partial charge in [-0.3, -0.25) is 4.98 Å². The molecule has 0 spiro atoms. The maximum absolute atomic E-state index is 9.78. The van der Waals surface area contributed by atoms with Crippen LogP contribution in [-0.4, -0.2) is 28.6 Å². The van der Waals surface area contributed by atoms with E-state index in [-0.39, 0.29) is 5.75 Å². The number of aromatic nitrogens is 1. The fourth-order valence-corrected chi connectivity index (χ4v) is 2.02. The predicted octanol–water partition coefficient (Wildman–Crippen LogP) is 2.77. The van der Waals surface area contributed by atoms with Crippen LogP contribution in [0.2, 0.25) is 0 Å². The second kappa shape index (κ2) is 6.34. The zero-order valence-electron chi connectivity index (χ0n) is 11.5. The highest BCUT2D eigenvalue weighted by molar-refractivity contribution is 5.27. The molecule has 1 aromatic carbocycles. The molecule has 2 aromatic rings. The molecule has 1 heterocycles. The lowest BCUT2D eigenvalue weighted by Crippen LogP contribution is -2.21. The average Bonchev–Trinajstić information content (AvgIpc) is 2.42. The number of hydrogen-bond acceptors (Lipinski definition) is 3. The van der Waals surface area contributed by atoms with Gasteiger partial charge in [0.15, 0.2) is 0 Å². The molecule has 1 N–H and O–H groups in total. The smallest absolute Gasteiger partial charge is 0.138 e. The molecule has 0 amide bonds. The summed E-state index contributed by atoms with van der Waals surface area (Å²) < 4.78 is 0. The normalized spacial score (nSPS) is 10.9. The second-order valence-corrected chi connectivity index (χ2v) is 4.89. The van der Waals surface area contributed by atoms with Crippen molar-refractivity contribution in [1.82, 2.24) is 9.88 Å². The zero-order chi connectivity index (χ0) is 13.7. The lowest BCUT2D eigenvalue weighted by molar-refractivity contribution is 0.319. The minimum Gasteiger partial charge on any atom is -0.506 e. The standard InChI is InChI=1S/C16H20N2O/c1-13-8-9-16(19)15(17-13)12-18(2)11-10-14-6-4-3-5-7-14/h3-9,19H,10-12H2,1-2H3. The van der Waals surface area contributed by atoms with E-state index >= 15 is 0 Å². The van der Waals surface area contributed by atoms with E-state index < -0.39 is 0 Å². The SMILES string of the molecule is Cc1ccc(O)c(CN(C)CCc2ccccc2)n1. The van der Waals surface area contributed by atoms with Gasteiger partial charge in [0.2, 0.25) is 0 Å². The Balaban J connectivity index is 1.90. The molecule has 0 aliphatic rings. The molecular weight excluding hydrogens is 236 g/mol. The summed E-state index contributed by atoms with van der Waals surface area (Å²) in [5, 5.41) is 9.78. The second-order valence-electron chi connectivity index (χ2n) is 4.89. The molecule has 19 heavy (non-hydrogen) atoms. The Bertz CT molecular complexity index is 526. The van der Waals surface area contributed by atoms with Crippen molar-refractivity contribution in [3.63, 3.8) is 0 Å². The molecule has 1 aromatic heterocycles. The number of nitrogens with zero attached hydrogens (tertiary/aromatic N) is 2. The highest BCUT2D eigenvalue weighted by atomic mass is 16.3. The molecule has 0 saturated heterocycles. The maximum Gasteiger partial charge on any atom is 0.138 e. The Hall–Kier alpha value is -1.87. The van der Waals surface area contributed by atoms with E-state index in [0.29, 0.717) is 6.54 Å². The summed E-state index contributed by atoms with van der Waals surface area (Å²) >= 11 is 0. The van der Waals surface area contributed by atoms with Crippen molar-refractivity contribution in [3.8, 4) is 5.75 Å². The van der Waals surface area contributed by atoms with E-state index in [1.165, 1.54) is 5.56 Å². The molecule has 3 heteroatoms. The Morgan fingerprint density at radius 2 is 1.84 bits per heavy atom. The zero-order valence-corrected chi connectivity index (χ0v) is 11.5. The lowest BCUT2D eigenvalue weighted by Gasteiger charge is -2.17. The first-order valence-corrected chi connectivity index (χ1v) is 6.53. The fourth-order valence-electron chi connectivity index (χ4n) is 2.02. The van der Waals surface area contributed by atoms with Crippen LogP contribution in [0, 0.1) is 6.92 Å². The Kier molecular flexibility index (Phi) is 4.53. The number of rotatable bonds is 5. The molecule has 0 aliphatic heterocycles. The highest BCUT2D eigenvalue weighted by Gasteiger charge is 2.07. The third-order valence-electron chi connectivity index (χ3n) is 3.13. The minimum atomic E-state index is 0.275. The number of aryl methyl sites for hydroxylation is 1. The molecule has 100 valence electrons. The van der Waals surface area contributed by atoms with Crippen LogP contribution in [0.25, 0.3) is 0 Å². The molecule has 0 saturated carbocycles. The average molecular weight is 256 g/mol. The quantitative estimate of drug-likeness (QED) is 0.893. The van der Waals surface area contributed by atoms with Crippen molar-refractivity contribution < 1.29 is 5.11 Å². The van der Waals surface area contributed by atoms with Crippen LogP contribution in [-0.2, 0) is 13.0 Å². The van der Waals surface area contributed by atoms with Crippen molar-refractivity contribution in [2.75, 3.05) is 13.6 Å². The van der Waals surface area contributed by atoms with Crippen molar-refractivity contribution in [2.24, 2.45) is 0 Å². The number of benzene rings is 1. The summed E-state index contributed by atoms with van der Waals surface area (Å²) in [5.74, 6) is 0.275. The molecule has 0 aliphatic carbocycles. The van der Waals surface area contributed by atoms with Gasteiger partial charge in [-0.2, -0.15) is 0 Å². The number of aromatic hydroxyl groups is 1. The van der Waals surface area contributed by atoms with E-state index in [2.05, 4.69) is 34.1 Å². The van der Waals surface area contributed by atoms with Crippen LogP contribution in [0.15, 0.2) is 42.5 Å². The van der Waals surface area contributed by atoms with Crippen LogP contribution in [0.1, 0.15) is 17.0 Å². The van der Waals surface area contributed by atoms with Crippen molar-refractivity contribution >= 4 is 0 Å². The van der Waals surface area contributed by atoms with Crippen LogP contribution < -0.4 is 0 Å². The Labute approximate surface area is 114 Å². The van der Waals surface area contributed by atoms with E-state index in [1.807, 2.05) is 26.1 Å². The summed E-state index contributed by atoms with van der Waals surface area (Å²) in [6.45, 7) is 3.55. The lowest BCUT2D eigenvalue weighted by atomic mass is 10.1. The maximum atomic E-state index is 9.78. The first-order chi connectivity index (χ1) is 9.15. The topological polar surface area (TPSA) is 36.4 Å². The first-order valence-electron chi connectivity index (χ1n) is 6.53. The van der Waals surface area contributed by atoms with Crippen LogP contribution in [0.5, 0.6) is 5.75 Å². The third-order valence-corrected chi connectivity index (χ3v) is 3.13. The molecule has 0 fully saturated rings. The van der Waals surface area contributed by atoms with Gasteiger partial charge in [0, 0.05) is 18.8 Å². The summed E-state index contributed by atoms with van der Waals surface area (Å²) in [4.78, 5) is 6.55. The van der Waals surface area contributed by atoms with Gasteiger partial charge in [-0.05, 0) is 38.1 Å². The van der Waals surface area contributed by atoms with Gasteiger partial charge in [0.1, 0.15) is 5.75 Å². The van der Waals surface area contributed by atoms with E-state index in [0.717, 1.165) is 24.4 Å². The van der Waals surface area contributed by atoms with Gasteiger partial charge in [0.05, 0.1) is 5.69 Å². The van der Waals surface area contributed by atoms with Gasteiger partial charge in [0.25, 0.3) is 0 Å². The summed E-state index contributed by atoms with van der Waals surface area (Å²) in [6, 6.07) is 14.0. The predicted molar refractivity (Wildman–Crippen MR) is 77.1 cm³/mol. The van der Waals surface area contributed by atoms with Crippen LogP contribution in [0.3, 0.4) is 0 Å². The molecule has 2 rings (SSSR count). The monoisotopic (exact) mass is 256 g/mol. The summed E-state index contributed by atoms with van der Waals surface area (Å²) in [6.07, 6.45) is 1.00. The highest BCUT2D eigenvalue weighted by Crippen LogP contribution is 2.16. The molecule has 0 unspecified atom stereocenters. The third kappa shape index (κ3) is 4.07. The first kappa shape index (κ1) is 13.6. The van der Waals surface area contributed by atoms with Gasteiger partial charge in [-0.1, -0.05) is 30.3 Å². The van der Waals surface area contributed by atoms with E-state index in [4.69, 9.17) is 0 Å². The fraction of sp³-hybridized carbons (Fsp3) is 0.312. The Morgan fingerprint density at radius 1 is 1.11 bits per heavy atom. The van der Waals surface area contributed by atoms with Crippen molar-refractivity contribution in [3.05, 3.63) is 59.4 Å². The molecular formula is C16H20N2O. The van der Waals surface area contributed by atoms with Gasteiger partial charge >= 0.3 is 0 Å². The molecule has 0 radical (unpaired) electrons. The number of pyridine rings is 1. The molecule has 0 bridgehead atoms. The van der Waals surface area contributed by atoms with E-state index in [9.17, 15) is 5.11 Å².